The molecule has 1 aliphatic heterocycles. The average molecular weight is 178 g/mol. The van der Waals surface area contributed by atoms with Crippen molar-refractivity contribution in [2.24, 2.45) is 0 Å². The van der Waals surface area contributed by atoms with Crippen LogP contribution in [0.4, 0.5) is 0 Å². The van der Waals surface area contributed by atoms with Gasteiger partial charge < -0.3 is 13.6 Å². The highest BCUT2D eigenvalue weighted by Crippen LogP contribution is 2.49. The Morgan fingerprint density at radius 1 is 1.27 bits per heavy atom. The van der Waals surface area contributed by atoms with Crippen LogP contribution >= 0.6 is 8.60 Å². The van der Waals surface area contributed by atoms with Crippen molar-refractivity contribution in [1.82, 2.24) is 0 Å². The van der Waals surface area contributed by atoms with Crippen molar-refractivity contribution in [3.63, 3.8) is 0 Å². The molecule has 3 nitrogen and oxygen atoms in total. The van der Waals surface area contributed by atoms with Crippen LogP contribution in [0.1, 0.15) is 27.2 Å². The van der Waals surface area contributed by atoms with Gasteiger partial charge in [-0.15, -0.1) is 0 Å². The summed E-state index contributed by atoms with van der Waals surface area (Å²) in [7, 11) is -1.03. The molecule has 1 heterocycles. The highest BCUT2D eigenvalue weighted by molar-refractivity contribution is 7.42. The Kier molecular flexibility index (Phi) is 3.73. The van der Waals surface area contributed by atoms with Gasteiger partial charge >= 0.3 is 8.60 Å². The first-order chi connectivity index (χ1) is 5.24. The maximum Gasteiger partial charge on any atom is 0.333 e. The zero-order chi connectivity index (χ0) is 8.27. The van der Waals surface area contributed by atoms with Crippen molar-refractivity contribution >= 4 is 8.60 Å². The lowest BCUT2D eigenvalue weighted by molar-refractivity contribution is 0.187. The van der Waals surface area contributed by atoms with Crippen LogP contribution in [0.3, 0.4) is 0 Å². The molecule has 1 saturated heterocycles. The Morgan fingerprint density at radius 3 is 2.27 bits per heavy atom. The van der Waals surface area contributed by atoms with Crippen LogP contribution in [0.25, 0.3) is 0 Å². The van der Waals surface area contributed by atoms with Crippen LogP contribution in [0, 0.1) is 0 Å². The van der Waals surface area contributed by atoms with E-state index in [9.17, 15) is 0 Å². The normalized spacial score (nSPS) is 37.9. The van der Waals surface area contributed by atoms with Gasteiger partial charge in [0, 0.05) is 0 Å². The van der Waals surface area contributed by atoms with Crippen LogP contribution in [-0.2, 0) is 13.6 Å². The largest absolute Gasteiger partial charge is 0.333 e. The maximum atomic E-state index is 5.40. The molecule has 0 saturated carbocycles. The molecular weight excluding hydrogens is 163 g/mol. The topological polar surface area (TPSA) is 27.7 Å². The summed E-state index contributed by atoms with van der Waals surface area (Å²) in [5.74, 6) is 0. The van der Waals surface area contributed by atoms with Gasteiger partial charge in [0.2, 0.25) is 0 Å². The highest BCUT2D eigenvalue weighted by atomic mass is 31.2. The molecule has 0 aromatic heterocycles. The van der Waals surface area contributed by atoms with E-state index in [-0.39, 0.29) is 12.2 Å². The van der Waals surface area contributed by atoms with Gasteiger partial charge in [-0.25, -0.2) is 0 Å². The van der Waals surface area contributed by atoms with Crippen LogP contribution in [0.5, 0.6) is 0 Å². The molecule has 0 bridgehead atoms. The van der Waals surface area contributed by atoms with E-state index in [4.69, 9.17) is 13.6 Å². The van der Waals surface area contributed by atoms with Crippen molar-refractivity contribution in [1.29, 1.82) is 0 Å². The minimum atomic E-state index is -1.03. The first kappa shape index (κ1) is 9.40. The Hall–Kier alpha value is 0.310. The molecule has 1 aliphatic rings. The third kappa shape index (κ3) is 2.68. The van der Waals surface area contributed by atoms with Gasteiger partial charge in [0.15, 0.2) is 0 Å². The molecule has 0 radical (unpaired) electrons. The van der Waals surface area contributed by atoms with Crippen LogP contribution in [0.2, 0.25) is 0 Å². The maximum absolute atomic E-state index is 5.40. The van der Waals surface area contributed by atoms with Crippen molar-refractivity contribution in [3.05, 3.63) is 0 Å². The van der Waals surface area contributed by atoms with Gasteiger partial charge in [-0.2, -0.15) is 0 Å². The van der Waals surface area contributed by atoms with E-state index in [1.54, 1.807) is 0 Å². The van der Waals surface area contributed by atoms with E-state index >= 15 is 0 Å². The molecule has 2 atom stereocenters. The molecule has 0 aromatic carbocycles. The van der Waals surface area contributed by atoms with E-state index in [1.165, 1.54) is 0 Å². The summed E-state index contributed by atoms with van der Waals surface area (Å²) in [4.78, 5) is 0. The molecule has 1 fully saturated rings. The second kappa shape index (κ2) is 4.36. The molecule has 0 amide bonds. The Labute approximate surface area is 69.0 Å². The highest BCUT2D eigenvalue weighted by Gasteiger charge is 2.31. The minimum Gasteiger partial charge on any atom is -0.312 e. The second-order valence-electron chi connectivity index (χ2n) is 2.68. The summed E-state index contributed by atoms with van der Waals surface area (Å²) < 4.78 is 16.1. The molecule has 11 heavy (non-hydrogen) atoms. The molecular formula is C7H15O3P. The zero-order valence-electron chi connectivity index (χ0n) is 7.24. The number of hydrogen-bond acceptors (Lipinski definition) is 3. The summed E-state index contributed by atoms with van der Waals surface area (Å²) in [5.41, 5.74) is 0. The van der Waals surface area contributed by atoms with E-state index < -0.39 is 8.60 Å². The van der Waals surface area contributed by atoms with E-state index in [1.807, 2.05) is 13.8 Å². The fourth-order valence-corrected chi connectivity index (χ4v) is 2.08. The predicted molar refractivity (Wildman–Crippen MR) is 44.3 cm³/mol. The smallest absolute Gasteiger partial charge is 0.312 e. The summed E-state index contributed by atoms with van der Waals surface area (Å²) in [6, 6.07) is 0. The zero-order valence-corrected chi connectivity index (χ0v) is 8.14. The van der Waals surface area contributed by atoms with Crippen LogP contribution in [0.15, 0.2) is 0 Å². The lowest BCUT2D eigenvalue weighted by Crippen LogP contribution is -2.13. The molecule has 0 spiro atoms. The van der Waals surface area contributed by atoms with Crippen molar-refractivity contribution in [3.8, 4) is 0 Å². The Morgan fingerprint density at radius 2 is 1.82 bits per heavy atom. The van der Waals surface area contributed by atoms with Gasteiger partial charge in [-0.3, -0.25) is 0 Å². The second-order valence-corrected chi connectivity index (χ2v) is 3.80. The van der Waals surface area contributed by atoms with Crippen LogP contribution < -0.4 is 0 Å². The molecule has 2 unspecified atom stereocenters. The summed E-state index contributed by atoms with van der Waals surface area (Å²) in [5, 5.41) is 0. The van der Waals surface area contributed by atoms with E-state index in [0.717, 1.165) is 13.0 Å². The van der Waals surface area contributed by atoms with E-state index in [2.05, 4.69) is 6.92 Å². The molecule has 1 rings (SSSR count). The third-order valence-corrected chi connectivity index (χ3v) is 2.97. The average Bonchev–Trinajstić information content (AvgIpc) is 2.28. The van der Waals surface area contributed by atoms with Crippen molar-refractivity contribution < 1.29 is 13.6 Å². The lowest BCUT2D eigenvalue weighted by Gasteiger charge is -2.06. The van der Waals surface area contributed by atoms with Gasteiger partial charge in [-0.1, -0.05) is 6.92 Å². The first-order valence-electron chi connectivity index (χ1n) is 4.00. The minimum absolute atomic E-state index is 0.179. The monoisotopic (exact) mass is 178 g/mol. The SMILES string of the molecule is CCCOP1OC(C)C(C)O1. The summed E-state index contributed by atoms with van der Waals surface area (Å²) in [6.45, 7) is 6.80. The van der Waals surface area contributed by atoms with Crippen molar-refractivity contribution in [2.45, 2.75) is 39.4 Å². The fourth-order valence-electron chi connectivity index (χ4n) is 0.694. The molecule has 4 heteroatoms. The first-order valence-corrected chi connectivity index (χ1v) is 5.10. The van der Waals surface area contributed by atoms with Gasteiger partial charge in [-0.05, 0) is 20.3 Å². The molecule has 0 aromatic rings. The third-order valence-electron chi connectivity index (χ3n) is 1.57. The summed E-state index contributed by atoms with van der Waals surface area (Å²) in [6.07, 6.45) is 1.37. The van der Waals surface area contributed by atoms with Crippen molar-refractivity contribution in [2.75, 3.05) is 6.61 Å². The molecule has 0 N–H and O–H groups in total. The summed E-state index contributed by atoms with van der Waals surface area (Å²) >= 11 is 0. The van der Waals surface area contributed by atoms with Gasteiger partial charge in [0.1, 0.15) is 0 Å². The Bertz CT molecular complexity index is 110. The van der Waals surface area contributed by atoms with E-state index in [0.29, 0.717) is 0 Å². The van der Waals surface area contributed by atoms with Gasteiger partial charge in [0.25, 0.3) is 0 Å². The number of hydrogen-bond donors (Lipinski definition) is 0. The predicted octanol–water partition coefficient (Wildman–Crippen LogP) is 2.46. The Balaban J connectivity index is 2.18. The lowest BCUT2D eigenvalue weighted by atomic mass is 10.3. The standard InChI is InChI=1S/C7H15O3P/c1-4-5-8-11-9-6(2)7(3)10-11/h6-7H,4-5H2,1-3H3. The van der Waals surface area contributed by atoms with Crippen LogP contribution in [-0.4, -0.2) is 18.8 Å². The molecule has 0 aliphatic carbocycles. The molecule has 66 valence electrons. The number of rotatable bonds is 3. The quantitative estimate of drug-likeness (QED) is 0.621. The van der Waals surface area contributed by atoms with Gasteiger partial charge in [0.05, 0.1) is 18.8 Å². The fraction of sp³-hybridized carbons (Fsp3) is 1.00.